The summed E-state index contributed by atoms with van der Waals surface area (Å²) in [6.45, 7) is 11.7. The van der Waals surface area contributed by atoms with Crippen LogP contribution in [0.4, 0.5) is 0 Å². The molecular formula is C10H22Be. The van der Waals surface area contributed by atoms with E-state index in [4.69, 9.17) is 0 Å². The SMILES string of the molecule is [Be+2].[CH2-]CCCC.[CH2-]CCCC. The second kappa shape index (κ2) is 22.5. The molecule has 0 atom stereocenters. The van der Waals surface area contributed by atoms with Crippen LogP contribution in [0.3, 0.4) is 0 Å². The maximum Gasteiger partial charge on any atom is 2.00 e. The molecule has 0 aliphatic heterocycles. The zero-order valence-electron chi connectivity index (χ0n) is 8.36. The number of hydrogen-bond acceptors (Lipinski definition) is 0. The fourth-order valence-electron chi connectivity index (χ4n) is 0.500. The minimum Gasteiger partial charge on any atom is -0.343 e. The van der Waals surface area contributed by atoms with Gasteiger partial charge in [0.2, 0.25) is 0 Å². The van der Waals surface area contributed by atoms with Crippen LogP contribution in [0.1, 0.15) is 52.4 Å². The predicted molar refractivity (Wildman–Crippen MR) is 55.5 cm³/mol. The van der Waals surface area contributed by atoms with Crippen molar-refractivity contribution in [2.24, 2.45) is 0 Å². The van der Waals surface area contributed by atoms with Gasteiger partial charge in [-0.2, -0.15) is 12.8 Å². The molecule has 0 heterocycles. The molecule has 0 amide bonds. The Labute approximate surface area is 77.0 Å². The minimum absolute atomic E-state index is 0. The zero-order valence-corrected chi connectivity index (χ0v) is 8.36. The van der Waals surface area contributed by atoms with E-state index in [0.717, 1.165) is 12.8 Å². The zero-order chi connectivity index (χ0) is 8.24. The molecule has 0 fully saturated rings. The third kappa shape index (κ3) is 39.0. The smallest absolute Gasteiger partial charge is 0.343 e. The summed E-state index contributed by atoms with van der Waals surface area (Å²) < 4.78 is 0. The van der Waals surface area contributed by atoms with Gasteiger partial charge in [0, 0.05) is 0 Å². The summed E-state index contributed by atoms with van der Waals surface area (Å²) >= 11 is 0. The molecule has 0 spiro atoms. The van der Waals surface area contributed by atoms with Crippen LogP contribution in [-0.2, 0) is 0 Å². The second-order valence-electron chi connectivity index (χ2n) is 2.41. The summed E-state index contributed by atoms with van der Waals surface area (Å²) in [4.78, 5) is 0. The summed E-state index contributed by atoms with van der Waals surface area (Å²) in [6.07, 6.45) is 7.31. The van der Waals surface area contributed by atoms with Gasteiger partial charge in [0.1, 0.15) is 0 Å². The van der Waals surface area contributed by atoms with Gasteiger partial charge in [-0.15, -0.1) is 0 Å². The molecular weight excluding hydrogens is 129 g/mol. The summed E-state index contributed by atoms with van der Waals surface area (Å²) in [6, 6.07) is 0. The first-order valence-electron chi connectivity index (χ1n) is 4.41. The molecule has 0 saturated heterocycles. The van der Waals surface area contributed by atoms with Gasteiger partial charge in [0.15, 0.2) is 0 Å². The molecule has 0 bridgehead atoms. The van der Waals surface area contributed by atoms with Crippen LogP contribution in [-0.4, -0.2) is 10.1 Å². The Balaban J connectivity index is -0.000000107. The Morgan fingerprint density at radius 2 is 1.09 bits per heavy atom. The maximum atomic E-state index is 3.68. The summed E-state index contributed by atoms with van der Waals surface area (Å²) in [5, 5.41) is 0. The largest absolute Gasteiger partial charge is 2.00 e. The van der Waals surface area contributed by atoms with Crippen molar-refractivity contribution in [1.82, 2.24) is 0 Å². The van der Waals surface area contributed by atoms with Crippen LogP contribution in [0.2, 0.25) is 0 Å². The molecule has 0 aliphatic carbocycles. The topological polar surface area (TPSA) is 0 Å². The van der Waals surface area contributed by atoms with E-state index in [1.165, 1.54) is 25.7 Å². The van der Waals surface area contributed by atoms with Gasteiger partial charge in [-0.1, -0.05) is 39.5 Å². The van der Waals surface area contributed by atoms with Crippen LogP contribution < -0.4 is 0 Å². The van der Waals surface area contributed by atoms with Gasteiger partial charge in [-0.25, -0.2) is 0 Å². The van der Waals surface area contributed by atoms with Crippen molar-refractivity contribution in [2.45, 2.75) is 52.4 Å². The monoisotopic (exact) mass is 151 g/mol. The number of unbranched alkanes of at least 4 members (excludes halogenated alkanes) is 4. The Kier molecular flexibility index (Phi) is 35.3. The van der Waals surface area contributed by atoms with Crippen molar-refractivity contribution in [3.8, 4) is 0 Å². The molecule has 0 nitrogen and oxygen atoms in total. The van der Waals surface area contributed by atoms with Crippen molar-refractivity contribution < 1.29 is 0 Å². The van der Waals surface area contributed by atoms with Crippen molar-refractivity contribution in [1.29, 1.82) is 0 Å². The molecule has 0 N–H and O–H groups in total. The summed E-state index contributed by atoms with van der Waals surface area (Å²) in [5.74, 6) is 0. The summed E-state index contributed by atoms with van der Waals surface area (Å²) in [7, 11) is 0. The Morgan fingerprint density at radius 1 is 0.818 bits per heavy atom. The van der Waals surface area contributed by atoms with Gasteiger partial charge in [-0.05, 0) is 0 Å². The van der Waals surface area contributed by atoms with Crippen molar-refractivity contribution in [3.63, 3.8) is 0 Å². The fourth-order valence-corrected chi connectivity index (χ4v) is 0.500. The van der Waals surface area contributed by atoms with Gasteiger partial charge in [-0.3, -0.25) is 0 Å². The molecule has 0 aromatic rings. The van der Waals surface area contributed by atoms with E-state index in [1.54, 1.807) is 0 Å². The Hall–Kier alpha value is 0.169. The molecule has 0 aromatic carbocycles. The van der Waals surface area contributed by atoms with E-state index in [0.29, 0.717) is 0 Å². The standard InChI is InChI=1S/2C5H11.Be/c2*1-3-5-4-2;/h2*1,3-5H2,2H3;/q2*-1;+2. The van der Waals surface area contributed by atoms with E-state index in [1.807, 2.05) is 0 Å². The van der Waals surface area contributed by atoms with Crippen molar-refractivity contribution >= 4 is 10.1 Å². The molecule has 0 radical (unpaired) electrons. The third-order valence-electron chi connectivity index (χ3n) is 1.21. The van der Waals surface area contributed by atoms with Crippen molar-refractivity contribution in [3.05, 3.63) is 13.8 Å². The van der Waals surface area contributed by atoms with E-state index in [-0.39, 0.29) is 10.1 Å². The fraction of sp³-hybridized carbons (Fsp3) is 0.800. The Morgan fingerprint density at radius 3 is 1.09 bits per heavy atom. The van der Waals surface area contributed by atoms with E-state index < -0.39 is 0 Å². The van der Waals surface area contributed by atoms with Crippen molar-refractivity contribution in [2.75, 3.05) is 0 Å². The number of hydrogen-bond donors (Lipinski definition) is 0. The molecule has 0 aromatic heterocycles. The predicted octanol–water partition coefficient (Wildman–Crippen LogP) is 3.64. The van der Waals surface area contributed by atoms with Gasteiger partial charge < -0.3 is 13.8 Å². The first-order valence-corrected chi connectivity index (χ1v) is 4.41. The Bertz CT molecular complexity index is 25.9. The maximum absolute atomic E-state index is 3.68. The van der Waals surface area contributed by atoms with E-state index >= 15 is 0 Å². The second-order valence-corrected chi connectivity index (χ2v) is 2.41. The van der Waals surface area contributed by atoms with E-state index in [9.17, 15) is 0 Å². The first-order chi connectivity index (χ1) is 4.83. The normalized spacial score (nSPS) is 7.64. The van der Waals surface area contributed by atoms with Crippen LogP contribution >= 0.6 is 0 Å². The summed E-state index contributed by atoms with van der Waals surface area (Å²) in [5.41, 5.74) is 0. The third-order valence-corrected chi connectivity index (χ3v) is 1.21. The molecule has 0 unspecified atom stereocenters. The molecule has 0 rings (SSSR count). The minimum atomic E-state index is 0. The van der Waals surface area contributed by atoms with E-state index in [2.05, 4.69) is 27.7 Å². The molecule has 0 saturated carbocycles. The van der Waals surface area contributed by atoms with Gasteiger partial charge in [0.25, 0.3) is 0 Å². The molecule has 1 heteroatoms. The van der Waals surface area contributed by atoms with Crippen LogP contribution in [0, 0.1) is 13.8 Å². The van der Waals surface area contributed by atoms with Gasteiger partial charge >= 0.3 is 10.1 Å². The molecule has 0 aliphatic rings. The number of rotatable bonds is 4. The van der Waals surface area contributed by atoms with Crippen LogP contribution in [0.5, 0.6) is 0 Å². The van der Waals surface area contributed by atoms with Gasteiger partial charge in [0.05, 0.1) is 0 Å². The molecule has 64 valence electrons. The van der Waals surface area contributed by atoms with Crippen LogP contribution in [0.25, 0.3) is 0 Å². The van der Waals surface area contributed by atoms with Crippen LogP contribution in [0.15, 0.2) is 0 Å². The average Bonchev–Trinajstić information content (AvgIpc) is 1.93. The average molecular weight is 151 g/mol. The molecule has 11 heavy (non-hydrogen) atoms. The first kappa shape index (κ1) is 17.3. The quantitative estimate of drug-likeness (QED) is 0.425.